The van der Waals surface area contributed by atoms with Gasteiger partial charge in [-0.1, -0.05) is 51.0 Å². The van der Waals surface area contributed by atoms with Crippen LogP contribution in [0.25, 0.3) is 0 Å². The van der Waals surface area contributed by atoms with Crippen molar-refractivity contribution < 1.29 is 4.79 Å². The summed E-state index contributed by atoms with van der Waals surface area (Å²) in [7, 11) is 0. The summed E-state index contributed by atoms with van der Waals surface area (Å²) in [6.45, 7) is 4.40. The highest BCUT2D eigenvalue weighted by Crippen LogP contribution is 2.33. The number of Topliss-reactive ketones (excluding diaryl/α,β-unsaturated/α-hetero) is 1. The number of hydrogen-bond acceptors (Lipinski definition) is 1. The van der Waals surface area contributed by atoms with Crippen molar-refractivity contribution >= 4 is 5.78 Å². The molecular formula is C18H26O. The molecule has 1 saturated carbocycles. The van der Waals surface area contributed by atoms with Gasteiger partial charge in [0.2, 0.25) is 0 Å². The van der Waals surface area contributed by atoms with Gasteiger partial charge in [-0.05, 0) is 43.6 Å². The lowest BCUT2D eigenvalue weighted by atomic mass is 9.77. The molecule has 1 aliphatic carbocycles. The van der Waals surface area contributed by atoms with Gasteiger partial charge in [-0.3, -0.25) is 4.79 Å². The number of benzene rings is 1. The van der Waals surface area contributed by atoms with Gasteiger partial charge in [-0.15, -0.1) is 0 Å². The lowest BCUT2D eigenvalue weighted by Gasteiger charge is -2.27. The van der Waals surface area contributed by atoms with Crippen LogP contribution < -0.4 is 0 Å². The van der Waals surface area contributed by atoms with Crippen LogP contribution in [0.1, 0.15) is 68.3 Å². The number of aryl methyl sites for hydroxylation is 1. The van der Waals surface area contributed by atoms with Gasteiger partial charge in [-0.25, -0.2) is 0 Å². The van der Waals surface area contributed by atoms with E-state index in [1.165, 1.54) is 31.2 Å². The summed E-state index contributed by atoms with van der Waals surface area (Å²) in [6.07, 6.45) is 8.34. The molecule has 0 aliphatic heterocycles. The molecule has 1 nitrogen and oxygen atoms in total. The molecule has 1 aliphatic rings. The first kappa shape index (κ1) is 14.3. The molecule has 2 rings (SSSR count). The van der Waals surface area contributed by atoms with Gasteiger partial charge in [0.15, 0.2) is 5.78 Å². The lowest BCUT2D eigenvalue weighted by molar-refractivity contribution is 0.0870. The van der Waals surface area contributed by atoms with Crippen LogP contribution in [0.3, 0.4) is 0 Å². The van der Waals surface area contributed by atoms with Gasteiger partial charge in [0, 0.05) is 11.5 Å². The van der Waals surface area contributed by atoms with Crippen molar-refractivity contribution in [3.05, 3.63) is 35.4 Å². The summed E-state index contributed by atoms with van der Waals surface area (Å²) in [5, 5.41) is 0. The van der Waals surface area contributed by atoms with Gasteiger partial charge in [0.1, 0.15) is 0 Å². The number of hydrogen-bond donors (Lipinski definition) is 0. The Morgan fingerprint density at radius 3 is 2.21 bits per heavy atom. The summed E-state index contributed by atoms with van der Waals surface area (Å²) in [4.78, 5) is 12.5. The molecule has 0 spiro atoms. The second-order valence-electron chi connectivity index (χ2n) is 5.92. The highest BCUT2D eigenvalue weighted by atomic mass is 16.1. The SMILES string of the molecule is CCCC1CCC(C(=O)c2ccc(CC)cc2)CC1. The molecular weight excluding hydrogens is 232 g/mol. The van der Waals surface area contributed by atoms with E-state index in [9.17, 15) is 4.79 Å². The minimum atomic E-state index is 0.278. The van der Waals surface area contributed by atoms with Crippen LogP contribution in [0.5, 0.6) is 0 Å². The fraction of sp³-hybridized carbons (Fsp3) is 0.611. The minimum Gasteiger partial charge on any atom is -0.294 e. The summed E-state index contributed by atoms with van der Waals surface area (Å²) in [6, 6.07) is 8.21. The third-order valence-corrected chi connectivity index (χ3v) is 4.56. The largest absolute Gasteiger partial charge is 0.294 e. The predicted molar refractivity (Wildman–Crippen MR) is 80.5 cm³/mol. The van der Waals surface area contributed by atoms with Crippen LogP contribution in [0.2, 0.25) is 0 Å². The molecule has 1 aromatic rings. The van der Waals surface area contributed by atoms with E-state index in [0.717, 1.165) is 30.7 Å². The third kappa shape index (κ3) is 3.68. The predicted octanol–water partition coefficient (Wildman–Crippen LogP) is 5.04. The zero-order valence-electron chi connectivity index (χ0n) is 12.3. The van der Waals surface area contributed by atoms with E-state index in [4.69, 9.17) is 0 Å². The number of rotatable bonds is 5. The molecule has 0 aromatic heterocycles. The fourth-order valence-corrected chi connectivity index (χ4v) is 3.26. The Bertz CT molecular complexity index is 396. The molecule has 1 heteroatoms. The summed E-state index contributed by atoms with van der Waals surface area (Å²) in [5.41, 5.74) is 2.22. The van der Waals surface area contributed by atoms with Crippen molar-refractivity contribution in [2.45, 2.75) is 58.8 Å². The van der Waals surface area contributed by atoms with Crippen LogP contribution >= 0.6 is 0 Å². The molecule has 0 radical (unpaired) electrons. The molecule has 0 unspecified atom stereocenters. The second kappa shape index (κ2) is 6.88. The molecule has 1 fully saturated rings. The maximum absolute atomic E-state index is 12.5. The van der Waals surface area contributed by atoms with E-state index >= 15 is 0 Å². The Morgan fingerprint density at radius 1 is 1.05 bits per heavy atom. The minimum absolute atomic E-state index is 0.278. The smallest absolute Gasteiger partial charge is 0.165 e. The maximum Gasteiger partial charge on any atom is 0.165 e. The average molecular weight is 258 g/mol. The maximum atomic E-state index is 12.5. The highest BCUT2D eigenvalue weighted by molar-refractivity contribution is 5.97. The average Bonchev–Trinajstić information content (AvgIpc) is 2.48. The van der Waals surface area contributed by atoms with E-state index in [1.54, 1.807) is 0 Å². The van der Waals surface area contributed by atoms with Crippen LogP contribution in [-0.4, -0.2) is 5.78 Å². The van der Waals surface area contributed by atoms with Crippen LogP contribution in [0, 0.1) is 11.8 Å². The number of carbonyl (C=O) groups is 1. The van der Waals surface area contributed by atoms with Gasteiger partial charge < -0.3 is 0 Å². The Labute approximate surface area is 117 Å². The van der Waals surface area contributed by atoms with Crippen molar-refractivity contribution in [3.63, 3.8) is 0 Å². The van der Waals surface area contributed by atoms with Gasteiger partial charge >= 0.3 is 0 Å². The van der Waals surface area contributed by atoms with Gasteiger partial charge in [0.05, 0.1) is 0 Å². The van der Waals surface area contributed by atoms with E-state index in [1.807, 2.05) is 12.1 Å². The molecule has 0 bridgehead atoms. The molecule has 0 heterocycles. The summed E-state index contributed by atoms with van der Waals surface area (Å²) in [5.74, 6) is 1.52. The first-order valence-electron chi connectivity index (χ1n) is 7.87. The van der Waals surface area contributed by atoms with Crippen molar-refractivity contribution in [2.24, 2.45) is 11.8 Å². The Morgan fingerprint density at radius 2 is 1.68 bits per heavy atom. The van der Waals surface area contributed by atoms with Crippen LogP contribution in [0.15, 0.2) is 24.3 Å². The lowest BCUT2D eigenvalue weighted by Crippen LogP contribution is -2.22. The standard InChI is InChI=1S/C18H26O/c1-3-5-15-8-12-17(13-9-15)18(19)16-10-6-14(4-2)7-11-16/h6-7,10-11,15,17H,3-5,8-9,12-13H2,1-2H3. The molecule has 0 amide bonds. The normalized spacial score (nSPS) is 23.3. The Balaban J connectivity index is 1.93. The molecule has 0 atom stereocenters. The third-order valence-electron chi connectivity index (χ3n) is 4.56. The van der Waals surface area contributed by atoms with Crippen molar-refractivity contribution in [1.29, 1.82) is 0 Å². The fourth-order valence-electron chi connectivity index (χ4n) is 3.26. The summed E-state index contributed by atoms with van der Waals surface area (Å²) >= 11 is 0. The van der Waals surface area contributed by atoms with Crippen LogP contribution in [0.4, 0.5) is 0 Å². The zero-order chi connectivity index (χ0) is 13.7. The van der Waals surface area contributed by atoms with E-state index in [-0.39, 0.29) is 5.92 Å². The number of carbonyl (C=O) groups excluding carboxylic acids is 1. The molecule has 0 N–H and O–H groups in total. The molecule has 104 valence electrons. The van der Waals surface area contributed by atoms with Gasteiger partial charge in [-0.2, -0.15) is 0 Å². The first-order valence-corrected chi connectivity index (χ1v) is 7.87. The van der Waals surface area contributed by atoms with E-state index < -0.39 is 0 Å². The monoisotopic (exact) mass is 258 g/mol. The van der Waals surface area contributed by atoms with Gasteiger partial charge in [0.25, 0.3) is 0 Å². The van der Waals surface area contributed by atoms with E-state index in [2.05, 4.69) is 26.0 Å². The number of ketones is 1. The highest BCUT2D eigenvalue weighted by Gasteiger charge is 2.26. The summed E-state index contributed by atoms with van der Waals surface area (Å²) < 4.78 is 0. The molecule has 19 heavy (non-hydrogen) atoms. The van der Waals surface area contributed by atoms with Crippen molar-refractivity contribution in [2.75, 3.05) is 0 Å². The molecule has 0 saturated heterocycles. The Hall–Kier alpha value is -1.11. The Kier molecular flexibility index (Phi) is 5.18. The van der Waals surface area contributed by atoms with Crippen LogP contribution in [-0.2, 0) is 6.42 Å². The quantitative estimate of drug-likeness (QED) is 0.676. The molecule has 1 aromatic carbocycles. The van der Waals surface area contributed by atoms with Crippen molar-refractivity contribution in [1.82, 2.24) is 0 Å². The van der Waals surface area contributed by atoms with E-state index in [0.29, 0.717) is 5.78 Å². The zero-order valence-corrected chi connectivity index (χ0v) is 12.3. The topological polar surface area (TPSA) is 17.1 Å². The second-order valence-corrected chi connectivity index (χ2v) is 5.92. The van der Waals surface area contributed by atoms with Crippen molar-refractivity contribution in [3.8, 4) is 0 Å². The first-order chi connectivity index (χ1) is 9.24.